The summed E-state index contributed by atoms with van der Waals surface area (Å²) in [4.78, 5) is 13.5. The number of nitrogens with zero attached hydrogens (tertiary/aromatic N) is 1. The number of benzene rings is 1. The number of sulfone groups is 1. The molecule has 0 saturated heterocycles. The second-order valence-electron chi connectivity index (χ2n) is 4.71. The molecule has 0 unspecified atom stereocenters. The zero-order valence-electron chi connectivity index (χ0n) is 11.0. The Kier molecular flexibility index (Phi) is 3.71. The van der Waals surface area contributed by atoms with Crippen LogP contribution in [-0.4, -0.2) is 32.4 Å². The minimum Gasteiger partial charge on any atom is -0.397 e. The smallest absolute Gasteiger partial charge is 0.247 e. The average molecular weight is 270 g/mol. The molecule has 1 amide bonds. The molecule has 0 fully saturated rings. The fourth-order valence-electron chi connectivity index (χ4n) is 1.46. The van der Waals surface area contributed by atoms with Crippen molar-refractivity contribution in [3.8, 4) is 0 Å². The minimum absolute atomic E-state index is 0.428. The van der Waals surface area contributed by atoms with Crippen molar-refractivity contribution in [3.05, 3.63) is 24.3 Å². The fourth-order valence-corrected chi connectivity index (χ4v) is 1.92. The molecule has 0 bridgehead atoms. The van der Waals surface area contributed by atoms with E-state index in [2.05, 4.69) is 0 Å². The minimum atomic E-state index is -3.50. The molecule has 0 aliphatic heterocycles. The highest BCUT2D eigenvalue weighted by Crippen LogP contribution is 2.26. The van der Waals surface area contributed by atoms with Crippen molar-refractivity contribution in [1.82, 2.24) is 0 Å². The van der Waals surface area contributed by atoms with E-state index >= 15 is 0 Å². The van der Waals surface area contributed by atoms with Gasteiger partial charge in [-0.25, -0.2) is 8.42 Å². The summed E-state index contributed by atoms with van der Waals surface area (Å²) in [6.07, 6.45) is 1.05. The zero-order chi connectivity index (χ0) is 14.1. The van der Waals surface area contributed by atoms with Crippen molar-refractivity contribution in [3.63, 3.8) is 0 Å². The number of anilines is 2. The molecule has 1 rings (SSSR count). The van der Waals surface area contributed by atoms with Gasteiger partial charge in [-0.05, 0) is 26.0 Å². The van der Waals surface area contributed by atoms with Gasteiger partial charge in [0.15, 0.2) is 9.84 Å². The SMILES string of the molecule is CN(C(=O)C(C)(C)S(C)(=O)=O)c1ccccc1N. The molecule has 5 nitrogen and oxygen atoms in total. The lowest BCUT2D eigenvalue weighted by Gasteiger charge is -2.28. The lowest BCUT2D eigenvalue weighted by molar-refractivity contribution is -0.120. The molecule has 0 heterocycles. The number of para-hydroxylation sites is 2. The molecule has 100 valence electrons. The molecule has 6 heteroatoms. The summed E-state index contributed by atoms with van der Waals surface area (Å²) in [6.45, 7) is 2.78. The summed E-state index contributed by atoms with van der Waals surface area (Å²) in [5.74, 6) is -0.511. The van der Waals surface area contributed by atoms with Crippen molar-refractivity contribution >= 4 is 27.1 Å². The number of rotatable bonds is 3. The average Bonchev–Trinajstić information content (AvgIpc) is 2.26. The molecule has 0 saturated carbocycles. The highest BCUT2D eigenvalue weighted by Gasteiger charge is 2.40. The Labute approximate surface area is 108 Å². The Morgan fingerprint density at radius 2 is 1.78 bits per heavy atom. The van der Waals surface area contributed by atoms with Crippen LogP contribution in [-0.2, 0) is 14.6 Å². The van der Waals surface area contributed by atoms with Crippen molar-refractivity contribution in [2.45, 2.75) is 18.6 Å². The van der Waals surface area contributed by atoms with Crippen LogP contribution in [0.15, 0.2) is 24.3 Å². The first kappa shape index (κ1) is 14.5. The monoisotopic (exact) mass is 270 g/mol. The van der Waals surface area contributed by atoms with Crippen LogP contribution in [0.4, 0.5) is 11.4 Å². The van der Waals surface area contributed by atoms with Crippen molar-refractivity contribution < 1.29 is 13.2 Å². The second kappa shape index (κ2) is 4.61. The summed E-state index contributed by atoms with van der Waals surface area (Å²) < 4.78 is 21.8. The summed E-state index contributed by atoms with van der Waals surface area (Å²) in [5, 5.41) is 0. The Bertz CT molecular complexity index is 564. The van der Waals surface area contributed by atoms with Gasteiger partial charge in [-0.15, -0.1) is 0 Å². The molecule has 18 heavy (non-hydrogen) atoms. The van der Waals surface area contributed by atoms with E-state index in [-0.39, 0.29) is 0 Å². The maximum absolute atomic E-state index is 12.3. The van der Waals surface area contributed by atoms with Gasteiger partial charge in [-0.1, -0.05) is 12.1 Å². The van der Waals surface area contributed by atoms with Gasteiger partial charge in [0.25, 0.3) is 0 Å². The van der Waals surface area contributed by atoms with Crippen LogP contribution in [0.25, 0.3) is 0 Å². The molecular weight excluding hydrogens is 252 g/mol. The lowest BCUT2D eigenvalue weighted by atomic mass is 10.1. The summed E-state index contributed by atoms with van der Waals surface area (Å²) in [5.41, 5.74) is 6.70. The van der Waals surface area contributed by atoms with Crippen LogP contribution >= 0.6 is 0 Å². The molecule has 0 aromatic heterocycles. The van der Waals surface area contributed by atoms with Gasteiger partial charge in [0.1, 0.15) is 4.75 Å². The first-order valence-electron chi connectivity index (χ1n) is 5.41. The number of hydrogen-bond acceptors (Lipinski definition) is 4. The van der Waals surface area contributed by atoms with Crippen molar-refractivity contribution in [1.29, 1.82) is 0 Å². The summed E-state index contributed by atoms with van der Waals surface area (Å²) in [6, 6.07) is 6.82. The first-order valence-corrected chi connectivity index (χ1v) is 7.30. The Morgan fingerprint density at radius 1 is 1.28 bits per heavy atom. The maximum atomic E-state index is 12.3. The Balaban J connectivity index is 3.18. The molecule has 2 N–H and O–H groups in total. The predicted molar refractivity (Wildman–Crippen MR) is 73.2 cm³/mol. The van der Waals surface area contributed by atoms with E-state index in [9.17, 15) is 13.2 Å². The van der Waals surface area contributed by atoms with E-state index in [1.54, 1.807) is 24.3 Å². The van der Waals surface area contributed by atoms with Crippen LogP contribution < -0.4 is 10.6 Å². The zero-order valence-corrected chi connectivity index (χ0v) is 11.8. The van der Waals surface area contributed by atoms with Gasteiger partial charge in [0.2, 0.25) is 5.91 Å². The van der Waals surface area contributed by atoms with Gasteiger partial charge in [-0.3, -0.25) is 4.79 Å². The standard InChI is InChI=1S/C12H18N2O3S/c1-12(2,18(4,16)17)11(15)14(3)10-8-6-5-7-9(10)13/h5-8H,13H2,1-4H3. The lowest BCUT2D eigenvalue weighted by Crippen LogP contribution is -2.48. The van der Waals surface area contributed by atoms with E-state index in [0.29, 0.717) is 11.4 Å². The number of hydrogen-bond donors (Lipinski definition) is 1. The predicted octanol–water partition coefficient (Wildman–Crippen LogP) is 1.05. The molecule has 0 aliphatic carbocycles. The van der Waals surface area contributed by atoms with Gasteiger partial charge in [0, 0.05) is 13.3 Å². The van der Waals surface area contributed by atoms with E-state index in [4.69, 9.17) is 5.73 Å². The molecule has 0 aliphatic rings. The van der Waals surface area contributed by atoms with Crippen molar-refractivity contribution in [2.24, 2.45) is 0 Å². The highest BCUT2D eigenvalue weighted by atomic mass is 32.2. The van der Waals surface area contributed by atoms with Gasteiger partial charge in [-0.2, -0.15) is 0 Å². The van der Waals surface area contributed by atoms with Crippen LogP contribution in [0.5, 0.6) is 0 Å². The molecule has 1 aromatic carbocycles. The number of nitrogens with two attached hydrogens (primary N) is 1. The summed E-state index contributed by atoms with van der Waals surface area (Å²) in [7, 11) is -1.98. The maximum Gasteiger partial charge on any atom is 0.247 e. The Morgan fingerprint density at radius 3 is 2.22 bits per heavy atom. The van der Waals surface area contributed by atoms with Gasteiger partial charge >= 0.3 is 0 Å². The molecule has 0 spiro atoms. The van der Waals surface area contributed by atoms with E-state index < -0.39 is 20.5 Å². The third-order valence-corrected chi connectivity index (χ3v) is 5.07. The number of nitrogen functional groups attached to an aromatic ring is 1. The summed E-state index contributed by atoms with van der Waals surface area (Å²) >= 11 is 0. The van der Waals surface area contributed by atoms with Gasteiger partial charge in [0.05, 0.1) is 11.4 Å². The number of amides is 1. The largest absolute Gasteiger partial charge is 0.397 e. The van der Waals surface area contributed by atoms with E-state index in [1.807, 2.05) is 0 Å². The number of carbonyl (C=O) groups is 1. The quantitative estimate of drug-likeness (QED) is 0.833. The van der Waals surface area contributed by atoms with Crippen LogP contribution in [0, 0.1) is 0 Å². The number of carbonyl (C=O) groups excluding carboxylic acids is 1. The third-order valence-electron chi connectivity index (χ3n) is 3.04. The third kappa shape index (κ3) is 2.48. The van der Waals surface area contributed by atoms with Crippen LogP contribution in [0.1, 0.15) is 13.8 Å². The molecule has 0 atom stereocenters. The fraction of sp³-hybridized carbons (Fsp3) is 0.417. The molecule has 1 aromatic rings. The highest BCUT2D eigenvalue weighted by molar-refractivity contribution is 7.92. The second-order valence-corrected chi connectivity index (χ2v) is 7.27. The van der Waals surface area contributed by atoms with E-state index in [0.717, 1.165) is 6.26 Å². The molecular formula is C12H18N2O3S. The first-order chi connectivity index (χ1) is 8.09. The van der Waals surface area contributed by atoms with Crippen LogP contribution in [0.3, 0.4) is 0 Å². The van der Waals surface area contributed by atoms with Gasteiger partial charge < -0.3 is 10.6 Å². The normalized spacial score (nSPS) is 12.2. The topological polar surface area (TPSA) is 80.5 Å². The van der Waals surface area contributed by atoms with Crippen LogP contribution in [0.2, 0.25) is 0 Å². The Hall–Kier alpha value is -1.56. The molecule has 0 radical (unpaired) electrons. The van der Waals surface area contributed by atoms with Crippen molar-refractivity contribution in [2.75, 3.05) is 23.9 Å². The van der Waals surface area contributed by atoms with E-state index in [1.165, 1.54) is 25.8 Å².